The van der Waals surface area contributed by atoms with Gasteiger partial charge in [-0.25, -0.2) is 0 Å². The number of pyridine rings is 1. The number of nitrogens with two attached hydrogens (primary N) is 1. The van der Waals surface area contributed by atoms with E-state index < -0.39 is 0 Å². The van der Waals surface area contributed by atoms with E-state index in [-0.39, 0.29) is 6.04 Å². The summed E-state index contributed by atoms with van der Waals surface area (Å²) >= 11 is 0. The first-order chi connectivity index (χ1) is 10.1. The molecule has 0 amide bonds. The van der Waals surface area contributed by atoms with Crippen LogP contribution in [0.5, 0.6) is 0 Å². The van der Waals surface area contributed by atoms with E-state index in [1.54, 1.807) is 0 Å². The van der Waals surface area contributed by atoms with Crippen molar-refractivity contribution < 1.29 is 0 Å². The molecule has 0 saturated carbocycles. The summed E-state index contributed by atoms with van der Waals surface area (Å²) in [5.74, 6) is 0. The highest BCUT2D eigenvalue weighted by molar-refractivity contribution is 5.53. The fraction of sp³-hybridized carbons (Fsp3) is 0.389. The van der Waals surface area contributed by atoms with Crippen LogP contribution in [0.4, 0.5) is 5.69 Å². The van der Waals surface area contributed by atoms with Crippen molar-refractivity contribution >= 4 is 5.69 Å². The van der Waals surface area contributed by atoms with Crippen LogP contribution in [-0.4, -0.2) is 18.1 Å². The molecule has 3 heteroatoms. The molecular weight excluding hydrogens is 258 g/mol. The van der Waals surface area contributed by atoms with Crippen molar-refractivity contribution in [3.63, 3.8) is 0 Å². The zero-order valence-corrected chi connectivity index (χ0v) is 13.2. The van der Waals surface area contributed by atoms with Crippen molar-refractivity contribution in [2.45, 2.75) is 39.3 Å². The minimum atomic E-state index is 0.219. The third kappa shape index (κ3) is 4.30. The van der Waals surface area contributed by atoms with Gasteiger partial charge in [-0.2, -0.15) is 0 Å². The Hall–Kier alpha value is -1.87. The maximum absolute atomic E-state index is 6.12. The Balaban J connectivity index is 2.17. The number of nitrogens with zero attached hydrogens (tertiary/aromatic N) is 2. The summed E-state index contributed by atoms with van der Waals surface area (Å²) in [4.78, 5) is 6.83. The lowest BCUT2D eigenvalue weighted by Crippen LogP contribution is -2.24. The monoisotopic (exact) mass is 283 g/mol. The maximum atomic E-state index is 6.12. The highest BCUT2D eigenvalue weighted by atomic mass is 15.1. The molecule has 2 rings (SSSR count). The number of rotatable bonds is 6. The molecule has 1 heterocycles. The minimum Gasteiger partial charge on any atom is -0.368 e. The molecular formula is C18H25N3. The summed E-state index contributed by atoms with van der Waals surface area (Å²) in [6, 6.07) is 14.9. The number of para-hydroxylation sites is 1. The molecule has 0 aliphatic carbocycles. The molecule has 0 spiro atoms. The summed E-state index contributed by atoms with van der Waals surface area (Å²) in [6.45, 7) is 4.96. The lowest BCUT2D eigenvalue weighted by Gasteiger charge is -2.23. The first kappa shape index (κ1) is 15.5. The van der Waals surface area contributed by atoms with Gasteiger partial charge in [0, 0.05) is 24.5 Å². The van der Waals surface area contributed by atoms with Crippen molar-refractivity contribution in [2.24, 2.45) is 5.73 Å². The van der Waals surface area contributed by atoms with Gasteiger partial charge in [-0.1, -0.05) is 31.2 Å². The van der Waals surface area contributed by atoms with E-state index in [4.69, 9.17) is 5.73 Å². The summed E-state index contributed by atoms with van der Waals surface area (Å²) in [5.41, 5.74) is 10.8. The van der Waals surface area contributed by atoms with Crippen molar-refractivity contribution in [2.75, 3.05) is 11.9 Å². The molecule has 0 aliphatic heterocycles. The second-order valence-electron chi connectivity index (χ2n) is 5.63. The smallest absolute Gasteiger partial charge is 0.0600 e. The minimum absolute atomic E-state index is 0.219. The molecule has 0 aliphatic rings. The maximum Gasteiger partial charge on any atom is 0.0600 e. The van der Waals surface area contributed by atoms with Gasteiger partial charge in [0.05, 0.1) is 12.2 Å². The van der Waals surface area contributed by atoms with Crippen LogP contribution in [0.15, 0.2) is 42.5 Å². The zero-order chi connectivity index (χ0) is 15.2. The molecule has 0 saturated heterocycles. The molecule has 2 N–H and O–H groups in total. The third-order valence-electron chi connectivity index (χ3n) is 3.75. The molecule has 112 valence electrons. The number of benzene rings is 1. The Morgan fingerprint density at radius 3 is 2.62 bits per heavy atom. The van der Waals surface area contributed by atoms with Crippen LogP contribution < -0.4 is 10.6 Å². The fourth-order valence-electron chi connectivity index (χ4n) is 2.50. The van der Waals surface area contributed by atoms with E-state index in [1.165, 1.54) is 11.3 Å². The summed E-state index contributed by atoms with van der Waals surface area (Å²) < 4.78 is 0. The average Bonchev–Trinajstić information content (AvgIpc) is 2.47. The molecule has 0 radical (unpaired) electrons. The van der Waals surface area contributed by atoms with Crippen LogP contribution in [0.2, 0.25) is 0 Å². The Kier molecular flexibility index (Phi) is 5.34. The van der Waals surface area contributed by atoms with Gasteiger partial charge in [-0.3, -0.25) is 4.98 Å². The Morgan fingerprint density at radius 2 is 1.90 bits per heavy atom. The van der Waals surface area contributed by atoms with Crippen molar-refractivity contribution in [3.05, 3.63) is 59.4 Å². The van der Waals surface area contributed by atoms with E-state index in [2.05, 4.69) is 60.3 Å². The van der Waals surface area contributed by atoms with Gasteiger partial charge in [0.25, 0.3) is 0 Å². The van der Waals surface area contributed by atoms with Gasteiger partial charge < -0.3 is 10.6 Å². The fourth-order valence-corrected chi connectivity index (χ4v) is 2.50. The number of hydrogen-bond acceptors (Lipinski definition) is 3. The largest absolute Gasteiger partial charge is 0.368 e. The molecule has 21 heavy (non-hydrogen) atoms. The summed E-state index contributed by atoms with van der Waals surface area (Å²) in [6.07, 6.45) is 1.91. The standard InChI is InChI=1S/C18H25N3/c1-4-16(19)12-15-9-5-6-11-18(15)21(3)13-17-10-7-8-14(2)20-17/h5-11,16H,4,12-13,19H2,1-3H3. The highest BCUT2D eigenvalue weighted by Gasteiger charge is 2.10. The Bertz CT molecular complexity index is 580. The van der Waals surface area contributed by atoms with Crippen molar-refractivity contribution in [1.82, 2.24) is 4.98 Å². The zero-order valence-electron chi connectivity index (χ0n) is 13.2. The molecule has 0 bridgehead atoms. The first-order valence-corrected chi connectivity index (χ1v) is 7.57. The predicted octanol–water partition coefficient (Wildman–Crippen LogP) is 3.31. The van der Waals surface area contributed by atoms with E-state index in [1.807, 2.05) is 13.0 Å². The molecule has 1 atom stereocenters. The lowest BCUT2D eigenvalue weighted by molar-refractivity contribution is 0.645. The van der Waals surface area contributed by atoms with Crippen LogP contribution in [0.3, 0.4) is 0 Å². The quantitative estimate of drug-likeness (QED) is 0.884. The average molecular weight is 283 g/mol. The van der Waals surface area contributed by atoms with Gasteiger partial charge in [0.1, 0.15) is 0 Å². The SMILES string of the molecule is CCC(N)Cc1ccccc1N(C)Cc1cccc(C)n1. The van der Waals surface area contributed by atoms with E-state index >= 15 is 0 Å². The number of aromatic nitrogens is 1. The van der Waals surface area contributed by atoms with Gasteiger partial charge in [-0.05, 0) is 43.5 Å². The predicted molar refractivity (Wildman–Crippen MR) is 89.5 cm³/mol. The van der Waals surface area contributed by atoms with Crippen LogP contribution in [0, 0.1) is 6.92 Å². The third-order valence-corrected chi connectivity index (χ3v) is 3.75. The van der Waals surface area contributed by atoms with Crippen LogP contribution in [-0.2, 0) is 13.0 Å². The van der Waals surface area contributed by atoms with E-state index in [9.17, 15) is 0 Å². The van der Waals surface area contributed by atoms with Crippen LogP contribution >= 0.6 is 0 Å². The normalized spacial score (nSPS) is 12.2. The van der Waals surface area contributed by atoms with Gasteiger partial charge in [0.15, 0.2) is 0 Å². The molecule has 3 nitrogen and oxygen atoms in total. The lowest BCUT2D eigenvalue weighted by atomic mass is 10.0. The number of anilines is 1. The summed E-state index contributed by atoms with van der Waals surface area (Å²) in [7, 11) is 2.11. The highest BCUT2D eigenvalue weighted by Crippen LogP contribution is 2.22. The number of aryl methyl sites for hydroxylation is 1. The molecule has 1 aromatic carbocycles. The molecule has 1 aromatic heterocycles. The van der Waals surface area contributed by atoms with Gasteiger partial charge in [0.2, 0.25) is 0 Å². The summed E-state index contributed by atoms with van der Waals surface area (Å²) in [5, 5.41) is 0. The molecule has 2 aromatic rings. The van der Waals surface area contributed by atoms with Crippen molar-refractivity contribution in [1.29, 1.82) is 0 Å². The Morgan fingerprint density at radius 1 is 1.14 bits per heavy atom. The van der Waals surface area contributed by atoms with Crippen molar-refractivity contribution in [3.8, 4) is 0 Å². The van der Waals surface area contributed by atoms with Gasteiger partial charge >= 0.3 is 0 Å². The van der Waals surface area contributed by atoms with Crippen LogP contribution in [0.25, 0.3) is 0 Å². The molecule has 0 fully saturated rings. The van der Waals surface area contributed by atoms with Gasteiger partial charge in [-0.15, -0.1) is 0 Å². The van der Waals surface area contributed by atoms with Crippen LogP contribution in [0.1, 0.15) is 30.3 Å². The second kappa shape index (κ2) is 7.23. The Labute approximate surface area is 127 Å². The number of hydrogen-bond donors (Lipinski definition) is 1. The second-order valence-corrected chi connectivity index (χ2v) is 5.63. The van der Waals surface area contributed by atoms with E-state index in [0.29, 0.717) is 0 Å². The first-order valence-electron chi connectivity index (χ1n) is 7.57. The topological polar surface area (TPSA) is 42.1 Å². The van der Waals surface area contributed by atoms with E-state index in [0.717, 1.165) is 30.8 Å². The molecule has 1 unspecified atom stereocenters.